The van der Waals surface area contributed by atoms with Gasteiger partial charge in [-0.2, -0.15) is 0 Å². The zero-order valence-corrected chi connectivity index (χ0v) is 17.7. The number of imide groups is 2. The van der Waals surface area contributed by atoms with Gasteiger partial charge in [0.05, 0.1) is 10.2 Å². The van der Waals surface area contributed by atoms with Crippen LogP contribution in [0.2, 0.25) is 0 Å². The number of nitrogens with one attached hydrogen (secondary N) is 1. The summed E-state index contributed by atoms with van der Waals surface area (Å²) in [7, 11) is 0. The summed E-state index contributed by atoms with van der Waals surface area (Å²) >= 11 is 6.68. The van der Waals surface area contributed by atoms with Gasteiger partial charge in [-0.15, -0.1) is 6.42 Å². The van der Waals surface area contributed by atoms with E-state index in [0.717, 1.165) is 17.0 Å². The summed E-state index contributed by atoms with van der Waals surface area (Å²) in [4.78, 5) is 38.2. The first-order valence-corrected chi connectivity index (χ1v) is 9.62. The van der Waals surface area contributed by atoms with Crippen molar-refractivity contribution in [1.82, 2.24) is 5.32 Å². The molecule has 1 aliphatic rings. The summed E-state index contributed by atoms with van der Waals surface area (Å²) in [5.41, 5.74) is 0.199. The first kappa shape index (κ1) is 20.8. The lowest BCUT2D eigenvalue weighted by Gasteiger charge is -2.26. The largest absolute Gasteiger partial charge is 0.479 e. The fourth-order valence-electron chi connectivity index (χ4n) is 2.59. The highest BCUT2D eigenvalue weighted by atomic mass is 79.9. The number of barbiturate groups is 1. The van der Waals surface area contributed by atoms with Crippen LogP contribution < -0.4 is 15.0 Å². The minimum Gasteiger partial charge on any atom is -0.479 e. The molecule has 146 valence electrons. The van der Waals surface area contributed by atoms with E-state index in [2.05, 4.69) is 43.1 Å². The zero-order valence-electron chi connectivity index (χ0n) is 14.5. The molecular formula is C20H11Br2FN2O4. The number of nitrogens with zero attached hydrogens (tertiary/aromatic N) is 1. The Morgan fingerprint density at radius 2 is 1.86 bits per heavy atom. The molecule has 4 amide bonds. The van der Waals surface area contributed by atoms with Gasteiger partial charge in [-0.05, 0) is 58.4 Å². The quantitative estimate of drug-likeness (QED) is 0.374. The second-order valence-corrected chi connectivity index (χ2v) is 7.50. The van der Waals surface area contributed by atoms with Crippen LogP contribution in [0.15, 0.2) is 50.9 Å². The van der Waals surface area contributed by atoms with Crippen molar-refractivity contribution in [3.8, 4) is 18.1 Å². The Morgan fingerprint density at radius 3 is 2.52 bits per heavy atom. The van der Waals surface area contributed by atoms with Crippen molar-refractivity contribution in [2.45, 2.75) is 0 Å². The fraction of sp³-hybridized carbons (Fsp3) is 0.0500. The van der Waals surface area contributed by atoms with E-state index in [-0.39, 0.29) is 17.9 Å². The molecule has 1 saturated heterocycles. The maximum absolute atomic E-state index is 13.2. The summed E-state index contributed by atoms with van der Waals surface area (Å²) < 4.78 is 19.9. The van der Waals surface area contributed by atoms with Gasteiger partial charge in [0.1, 0.15) is 23.7 Å². The maximum Gasteiger partial charge on any atom is 0.335 e. The maximum atomic E-state index is 13.2. The molecule has 1 heterocycles. The Hall–Kier alpha value is -2.96. The number of carbonyl (C=O) groups excluding carboxylic acids is 3. The number of ether oxygens (including phenoxy) is 1. The Labute approximate surface area is 182 Å². The van der Waals surface area contributed by atoms with Crippen LogP contribution in [0.25, 0.3) is 6.08 Å². The second kappa shape index (κ2) is 8.59. The minimum atomic E-state index is -0.928. The summed E-state index contributed by atoms with van der Waals surface area (Å²) in [6.07, 6.45) is 6.53. The number of benzene rings is 2. The minimum absolute atomic E-state index is 0.0310. The number of urea groups is 1. The first-order chi connectivity index (χ1) is 13.8. The molecule has 0 aromatic heterocycles. The Bertz CT molecular complexity index is 1090. The van der Waals surface area contributed by atoms with Crippen LogP contribution in [0.3, 0.4) is 0 Å². The van der Waals surface area contributed by atoms with Gasteiger partial charge in [0.25, 0.3) is 11.8 Å². The van der Waals surface area contributed by atoms with E-state index in [9.17, 15) is 18.8 Å². The normalized spacial score (nSPS) is 15.3. The molecule has 1 fully saturated rings. The topological polar surface area (TPSA) is 75.7 Å². The standard InChI is InChI=1S/C20H11Br2FN2O4/c1-2-7-29-17-11(8-12(21)10-16(17)22)9-15-18(26)24-20(28)25(19(15)27)14-5-3-13(23)4-6-14/h1,3-6,8-10H,7H2,(H,24,26,28)/b15-9+. The molecular weight excluding hydrogens is 511 g/mol. The van der Waals surface area contributed by atoms with E-state index in [1.807, 2.05) is 0 Å². The molecule has 3 rings (SSSR count). The number of amides is 4. The number of carbonyl (C=O) groups is 3. The number of hydrogen-bond donors (Lipinski definition) is 1. The van der Waals surface area contributed by atoms with Crippen molar-refractivity contribution in [2.75, 3.05) is 11.5 Å². The van der Waals surface area contributed by atoms with Crippen LogP contribution in [0.4, 0.5) is 14.9 Å². The molecule has 0 aliphatic carbocycles. The molecule has 2 aromatic carbocycles. The van der Waals surface area contributed by atoms with Crippen molar-refractivity contribution in [3.05, 3.63) is 62.3 Å². The highest BCUT2D eigenvalue weighted by Gasteiger charge is 2.37. The summed E-state index contributed by atoms with van der Waals surface area (Å²) in [5.74, 6) is 0.415. The van der Waals surface area contributed by atoms with Crippen LogP contribution in [0.5, 0.6) is 5.75 Å². The molecule has 9 heteroatoms. The molecule has 0 atom stereocenters. The molecule has 2 aromatic rings. The molecule has 0 unspecified atom stereocenters. The van der Waals surface area contributed by atoms with Crippen LogP contribution in [-0.2, 0) is 9.59 Å². The van der Waals surface area contributed by atoms with Crippen molar-refractivity contribution in [3.63, 3.8) is 0 Å². The molecule has 0 radical (unpaired) electrons. The lowest BCUT2D eigenvalue weighted by atomic mass is 10.1. The predicted molar refractivity (Wildman–Crippen MR) is 112 cm³/mol. The van der Waals surface area contributed by atoms with Crippen LogP contribution in [0, 0.1) is 18.2 Å². The fourth-order valence-corrected chi connectivity index (χ4v) is 3.96. The van der Waals surface area contributed by atoms with Crippen molar-refractivity contribution in [1.29, 1.82) is 0 Å². The average Bonchev–Trinajstić information content (AvgIpc) is 2.65. The smallest absolute Gasteiger partial charge is 0.335 e. The summed E-state index contributed by atoms with van der Waals surface area (Å²) in [5, 5.41) is 2.10. The number of hydrogen-bond acceptors (Lipinski definition) is 4. The van der Waals surface area contributed by atoms with Crippen molar-refractivity contribution in [2.24, 2.45) is 0 Å². The Morgan fingerprint density at radius 1 is 1.17 bits per heavy atom. The average molecular weight is 522 g/mol. The van der Waals surface area contributed by atoms with E-state index in [4.69, 9.17) is 11.2 Å². The van der Waals surface area contributed by atoms with Gasteiger partial charge < -0.3 is 4.74 Å². The van der Waals surface area contributed by atoms with Crippen molar-refractivity contribution >= 4 is 61.5 Å². The van der Waals surface area contributed by atoms with E-state index < -0.39 is 23.7 Å². The van der Waals surface area contributed by atoms with Gasteiger partial charge in [-0.1, -0.05) is 21.9 Å². The number of halogens is 3. The molecule has 0 saturated carbocycles. The molecule has 0 spiro atoms. The van der Waals surface area contributed by atoms with Gasteiger partial charge in [0, 0.05) is 10.0 Å². The predicted octanol–water partition coefficient (Wildman–Crippen LogP) is 4.03. The number of anilines is 1. The van der Waals surface area contributed by atoms with Crippen LogP contribution in [0.1, 0.15) is 5.56 Å². The molecule has 29 heavy (non-hydrogen) atoms. The van der Waals surface area contributed by atoms with Gasteiger partial charge in [-0.25, -0.2) is 14.1 Å². The Balaban J connectivity index is 2.08. The van der Waals surface area contributed by atoms with E-state index in [1.54, 1.807) is 12.1 Å². The third kappa shape index (κ3) is 4.39. The van der Waals surface area contributed by atoms with E-state index >= 15 is 0 Å². The third-order valence-corrected chi connectivity index (χ3v) is 4.87. The van der Waals surface area contributed by atoms with Gasteiger partial charge in [-0.3, -0.25) is 14.9 Å². The summed E-state index contributed by atoms with van der Waals surface area (Å²) in [6.45, 7) is -0.0310. The van der Waals surface area contributed by atoms with Gasteiger partial charge in [0.15, 0.2) is 0 Å². The van der Waals surface area contributed by atoms with Gasteiger partial charge in [0.2, 0.25) is 0 Å². The molecule has 6 nitrogen and oxygen atoms in total. The molecule has 0 bridgehead atoms. The van der Waals surface area contributed by atoms with E-state index in [0.29, 0.717) is 20.3 Å². The van der Waals surface area contributed by atoms with Gasteiger partial charge >= 0.3 is 6.03 Å². The van der Waals surface area contributed by atoms with Crippen molar-refractivity contribution < 1.29 is 23.5 Å². The van der Waals surface area contributed by atoms with Crippen LogP contribution in [-0.4, -0.2) is 24.5 Å². The van der Waals surface area contributed by atoms with Crippen LogP contribution >= 0.6 is 31.9 Å². The molecule has 1 N–H and O–H groups in total. The highest BCUT2D eigenvalue weighted by Crippen LogP contribution is 2.35. The Kier molecular flexibility index (Phi) is 6.15. The zero-order chi connectivity index (χ0) is 21.1. The number of terminal acetylenes is 1. The summed E-state index contributed by atoms with van der Waals surface area (Å²) in [6, 6.07) is 7.14. The molecule has 1 aliphatic heterocycles. The number of rotatable bonds is 4. The lowest BCUT2D eigenvalue weighted by molar-refractivity contribution is -0.122. The second-order valence-electron chi connectivity index (χ2n) is 5.73. The lowest BCUT2D eigenvalue weighted by Crippen LogP contribution is -2.54. The first-order valence-electron chi connectivity index (χ1n) is 8.04. The highest BCUT2D eigenvalue weighted by molar-refractivity contribution is 9.11. The monoisotopic (exact) mass is 520 g/mol. The van der Waals surface area contributed by atoms with E-state index in [1.165, 1.54) is 18.2 Å². The SMILES string of the molecule is C#CCOc1c(Br)cc(Br)cc1/C=C1\C(=O)NC(=O)N(c2ccc(F)cc2)C1=O. The third-order valence-electron chi connectivity index (χ3n) is 3.82.